The van der Waals surface area contributed by atoms with Gasteiger partial charge in [-0.2, -0.15) is 8.78 Å². The fourth-order valence-electron chi connectivity index (χ4n) is 3.32. The highest BCUT2D eigenvalue weighted by Crippen LogP contribution is 2.29. The molecule has 0 saturated carbocycles. The third kappa shape index (κ3) is 8.38. The van der Waals surface area contributed by atoms with Gasteiger partial charge in [-0.05, 0) is 23.6 Å². The zero-order valence-corrected chi connectivity index (χ0v) is 20.3. The molecule has 1 aromatic rings. The number of hydrogen-bond donors (Lipinski definition) is 2. The fraction of sp³-hybridized carbons (Fsp3) is 0.650. The molecule has 2 rings (SSSR count). The van der Waals surface area contributed by atoms with Gasteiger partial charge in [0.25, 0.3) is 0 Å². The van der Waals surface area contributed by atoms with E-state index in [0.29, 0.717) is 24.5 Å². The number of nitrogens with zero attached hydrogens (tertiary/aromatic N) is 2. The van der Waals surface area contributed by atoms with Crippen LogP contribution in [0, 0.1) is 5.92 Å². The van der Waals surface area contributed by atoms with Gasteiger partial charge in [-0.1, -0.05) is 19.9 Å². The minimum atomic E-state index is -2.91. The quantitative estimate of drug-likeness (QED) is 0.284. The molecular weight excluding hydrogens is 509 g/mol. The SMILES string of the molecule is CN=C(NCc1ccc(OC)c(OC(F)F)c1)NCC(C(C)C)N1CCOCC1.I. The van der Waals surface area contributed by atoms with E-state index in [1.54, 1.807) is 19.2 Å². The minimum absolute atomic E-state index is 0. The van der Waals surface area contributed by atoms with Crippen molar-refractivity contribution in [2.75, 3.05) is 47.0 Å². The highest BCUT2D eigenvalue weighted by Gasteiger charge is 2.23. The molecule has 10 heteroatoms. The Balaban J connectivity index is 0.00000450. The zero-order chi connectivity index (χ0) is 21.2. The number of benzene rings is 1. The van der Waals surface area contributed by atoms with Gasteiger partial charge in [-0.15, -0.1) is 24.0 Å². The average molecular weight is 542 g/mol. The standard InChI is InChI=1S/C20H32F2N4O3.HI/c1-14(2)16(26-7-9-28-10-8-26)13-25-20(23-3)24-12-15-5-6-17(27-4)18(11-15)29-19(21)22;/h5-6,11,14,16,19H,7-10,12-13H2,1-4H3,(H2,23,24,25);1H. The first-order valence-electron chi connectivity index (χ1n) is 9.82. The number of hydrogen-bond acceptors (Lipinski definition) is 5. The Morgan fingerprint density at radius 1 is 1.20 bits per heavy atom. The van der Waals surface area contributed by atoms with Crippen LogP contribution in [0.25, 0.3) is 0 Å². The first-order chi connectivity index (χ1) is 13.9. The van der Waals surface area contributed by atoms with Gasteiger partial charge >= 0.3 is 6.61 Å². The van der Waals surface area contributed by atoms with Crippen LogP contribution in [0.3, 0.4) is 0 Å². The van der Waals surface area contributed by atoms with Gasteiger partial charge in [0, 0.05) is 39.3 Å². The van der Waals surface area contributed by atoms with Crippen LogP contribution in [-0.4, -0.2) is 70.5 Å². The topological polar surface area (TPSA) is 67.4 Å². The monoisotopic (exact) mass is 542 g/mol. The molecule has 1 saturated heterocycles. The highest BCUT2D eigenvalue weighted by molar-refractivity contribution is 14.0. The summed E-state index contributed by atoms with van der Waals surface area (Å²) in [5.74, 6) is 1.41. The lowest BCUT2D eigenvalue weighted by Gasteiger charge is -2.37. The molecule has 0 spiro atoms. The number of aliphatic imine (C=N–C) groups is 1. The maximum atomic E-state index is 12.6. The Morgan fingerprint density at radius 3 is 2.47 bits per heavy atom. The van der Waals surface area contributed by atoms with Crippen LogP contribution in [0.4, 0.5) is 8.78 Å². The molecule has 30 heavy (non-hydrogen) atoms. The zero-order valence-electron chi connectivity index (χ0n) is 18.0. The number of nitrogens with one attached hydrogen (secondary N) is 2. The first kappa shape index (κ1) is 26.6. The number of morpholine rings is 1. The summed E-state index contributed by atoms with van der Waals surface area (Å²) in [7, 11) is 3.12. The smallest absolute Gasteiger partial charge is 0.387 e. The summed E-state index contributed by atoms with van der Waals surface area (Å²) < 4.78 is 40.2. The van der Waals surface area contributed by atoms with Crippen LogP contribution in [0.15, 0.2) is 23.2 Å². The molecule has 2 N–H and O–H groups in total. The predicted octanol–water partition coefficient (Wildman–Crippen LogP) is 2.94. The van der Waals surface area contributed by atoms with Crippen molar-refractivity contribution in [2.24, 2.45) is 10.9 Å². The molecule has 0 bridgehead atoms. The normalized spacial score (nSPS) is 16.2. The van der Waals surface area contributed by atoms with Crippen molar-refractivity contribution in [2.45, 2.75) is 33.0 Å². The summed E-state index contributed by atoms with van der Waals surface area (Å²) in [5, 5.41) is 6.58. The molecule has 0 amide bonds. The van der Waals surface area contributed by atoms with Crippen LogP contribution in [0.1, 0.15) is 19.4 Å². The van der Waals surface area contributed by atoms with Crippen LogP contribution < -0.4 is 20.1 Å². The Kier molecular flexibility index (Phi) is 12.3. The van der Waals surface area contributed by atoms with Crippen molar-refractivity contribution in [3.8, 4) is 11.5 Å². The van der Waals surface area contributed by atoms with Crippen LogP contribution in [0.5, 0.6) is 11.5 Å². The molecule has 1 aromatic carbocycles. The third-order valence-electron chi connectivity index (χ3n) is 4.89. The third-order valence-corrected chi connectivity index (χ3v) is 4.89. The van der Waals surface area contributed by atoms with E-state index in [1.807, 2.05) is 0 Å². The van der Waals surface area contributed by atoms with Crippen molar-refractivity contribution in [3.63, 3.8) is 0 Å². The average Bonchev–Trinajstić information content (AvgIpc) is 2.70. The summed E-state index contributed by atoms with van der Waals surface area (Å²) in [4.78, 5) is 6.70. The maximum Gasteiger partial charge on any atom is 0.387 e. The Hall–Kier alpha value is -1.40. The maximum absolute atomic E-state index is 12.6. The number of ether oxygens (including phenoxy) is 3. The van der Waals surface area contributed by atoms with Gasteiger partial charge in [0.1, 0.15) is 0 Å². The van der Waals surface area contributed by atoms with E-state index in [-0.39, 0.29) is 35.5 Å². The van der Waals surface area contributed by atoms with E-state index in [2.05, 4.69) is 39.1 Å². The van der Waals surface area contributed by atoms with Gasteiger partial charge in [-0.3, -0.25) is 9.89 Å². The molecule has 1 atom stereocenters. The Morgan fingerprint density at radius 2 is 1.90 bits per heavy atom. The number of rotatable bonds is 9. The van der Waals surface area contributed by atoms with Gasteiger partial charge in [0.2, 0.25) is 0 Å². The van der Waals surface area contributed by atoms with Crippen molar-refractivity contribution < 1.29 is 23.0 Å². The van der Waals surface area contributed by atoms with E-state index < -0.39 is 6.61 Å². The number of methoxy groups -OCH3 is 1. The molecule has 1 fully saturated rings. The van der Waals surface area contributed by atoms with Crippen molar-refractivity contribution in [1.82, 2.24) is 15.5 Å². The van der Waals surface area contributed by atoms with Gasteiger partial charge in [0.05, 0.1) is 20.3 Å². The van der Waals surface area contributed by atoms with E-state index in [9.17, 15) is 8.78 Å². The molecule has 7 nitrogen and oxygen atoms in total. The summed E-state index contributed by atoms with van der Waals surface area (Å²) in [6.45, 7) is 6.04. The largest absolute Gasteiger partial charge is 0.493 e. The second-order valence-electron chi connectivity index (χ2n) is 7.13. The van der Waals surface area contributed by atoms with E-state index in [0.717, 1.165) is 38.4 Å². The fourth-order valence-corrected chi connectivity index (χ4v) is 3.32. The van der Waals surface area contributed by atoms with E-state index >= 15 is 0 Å². The molecule has 0 aromatic heterocycles. The first-order valence-corrected chi connectivity index (χ1v) is 9.82. The molecule has 0 aliphatic carbocycles. The predicted molar refractivity (Wildman–Crippen MR) is 124 cm³/mol. The molecular formula is C20H33F2IN4O3. The second kappa shape index (κ2) is 13.8. The molecule has 172 valence electrons. The summed E-state index contributed by atoms with van der Waals surface area (Å²) in [6.07, 6.45) is 0. The Labute approximate surface area is 194 Å². The van der Waals surface area contributed by atoms with E-state index in [1.165, 1.54) is 13.2 Å². The lowest BCUT2D eigenvalue weighted by molar-refractivity contribution is -0.0512. The molecule has 1 aliphatic rings. The van der Waals surface area contributed by atoms with Gasteiger partial charge in [-0.25, -0.2) is 0 Å². The molecule has 0 radical (unpaired) electrons. The summed E-state index contributed by atoms with van der Waals surface area (Å²) >= 11 is 0. The van der Waals surface area contributed by atoms with E-state index in [4.69, 9.17) is 9.47 Å². The van der Waals surface area contributed by atoms with Gasteiger partial charge < -0.3 is 24.8 Å². The van der Waals surface area contributed by atoms with Gasteiger partial charge in [0.15, 0.2) is 17.5 Å². The van der Waals surface area contributed by atoms with Crippen LogP contribution >= 0.6 is 24.0 Å². The summed E-state index contributed by atoms with van der Waals surface area (Å²) in [5.41, 5.74) is 0.776. The Bertz CT molecular complexity index is 659. The molecule has 1 aliphatic heterocycles. The van der Waals surface area contributed by atoms with Crippen LogP contribution in [-0.2, 0) is 11.3 Å². The van der Waals surface area contributed by atoms with Crippen molar-refractivity contribution in [1.29, 1.82) is 0 Å². The lowest BCUT2D eigenvalue weighted by Crippen LogP contribution is -2.52. The highest BCUT2D eigenvalue weighted by atomic mass is 127. The number of guanidine groups is 1. The van der Waals surface area contributed by atoms with Crippen molar-refractivity contribution in [3.05, 3.63) is 23.8 Å². The summed E-state index contributed by atoms with van der Waals surface area (Å²) in [6, 6.07) is 5.31. The lowest BCUT2D eigenvalue weighted by atomic mass is 10.0. The number of halogens is 3. The second-order valence-corrected chi connectivity index (χ2v) is 7.13. The molecule has 1 heterocycles. The van der Waals surface area contributed by atoms with Crippen LogP contribution in [0.2, 0.25) is 0 Å². The minimum Gasteiger partial charge on any atom is -0.493 e. The van der Waals surface area contributed by atoms with Crippen molar-refractivity contribution >= 4 is 29.9 Å². The number of alkyl halides is 2. The molecule has 1 unspecified atom stereocenters.